The van der Waals surface area contributed by atoms with Crippen LogP contribution in [0.4, 0.5) is 0 Å². The summed E-state index contributed by atoms with van der Waals surface area (Å²) in [6.45, 7) is 3.46. The molecule has 0 aromatic carbocycles. The van der Waals surface area contributed by atoms with Crippen molar-refractivity contribution in [2.24, 2.45) is 0 Å². The van der Waals surface area contributed by atoms with Gasteiger partial charge in [0.05, 0.1) is 0 Å². The van der Waals surface area contributed by atoms with E-state index in [4.69, 9.17) is 12.4 Å². The van der Waals surface area contributed by atoms with Crippen LogP contribution < -0.4 is 0 Å². The van der Waals surface area contributed by atoms with Crippen LogP contribution in [0.25, 0.3) is 0 Å². The van der Waals surface area contributed by atoms with E-state index < -0.39 is 23.4 Å². The molecule has 14 heavy (non-hydrogen) atoms. The summed E-state index contributed by atoms with van der Waals surface area (Å²) in [5, 5.41) is 7.00. The maximum Gasteiger partial charge on any atom is 2.00 e. The molecule has 86 valence electrons. The van der Waals surface area contributed by atoms with Crippen molar-refractivity contribution in [2.45, 2.75) is 18.9 Å². The Hall–Kier alpha value is 1.47. The van der Waals surface area contributed by atoms with Crippen LogP contribution in [0.3, 0.4) is 0 Å². The van der Waals surface area contributed by atoms with Crippen molar-refractivity contribution < 1.29 is 43.4 Å². The second-order valence-corrected chi connectivity index (χ2v) is 7.81. The molecule has 0 saturated heterocycles. The van der Waals surface area contributed by atoms with Crippen LogP contribution >= 0.6 is 0 Å². The molecular weight excluding hydrogens is 294 g/mol. The monoisotopic (exact) mass is 316 g/mol. The van der Waals surface area contributed by atoms with Crippen molar-refractivity contribution in [2.75, 3.05) is 14.2 Å². The average molecular weight is 318 g/mol. The van der Waals surface area contributed by atoms with Crippen LogP contribution in [0.2, 0.25) is 18.9 Å². The third-order valence-corrected chi connectivity index (χ3v) is 5.09. The number of aliphatic hydroxyl groups excluding tert-OH is 1. The van der Waals surface area contributed by atoms with Crippen molar-refractivity contribution in [3.63, 3.8) is 0 Å². The van der Waals surface area contributed by atoms with Crippen molar-refractivity contribution >= 4 is 23.4 Å². The van der Waals surface area contributed by atoms with E-state index in [0.29, 0.717) is 0 Å². The van der Waals surface area contributed by atoms with Crippen LogP contribution in [-0.2, 0) is 33.5 Å². The van der Waals surface area contributed by atoms with E-state index in [1.807, 2.05) is 5.79 Å². The van der Waals surface area contributed by atoms with Gasteiger partial charge in [0, 0.05) is 14.2 Å². The van der Waals surface area contributed by atoms with Gasteiger partial charge in [0.25, 0.3) is 0 Å². The first-order valence-corrected chi connectivity index (χ1v) is 8.28. The van der Waals surface area contributed by atoms with Gasteiger partial charge in [-0.15, -0.1) is 0 Å². The molecule has 0 aromatic heterocycles. The first-order chi connectivity index (χ1) is 4.95. The fourth-order valence-corrected chi connectivity index (χ4v) is 4.09. The molecule has 0 atom stereocenters. The number of rotatable bonds is 3. The van der Waals surface area contributed by atoms with Crippen LogP contribution in [0.1, 0.15) is 0 Å². The number of hydrogen-bond acceptors (Lipinski definition) is 4. The van der Waals surface area contributed by atoms with Crippen molar-refractivity contribution in [3.05, 3.63) is 14.9 Å². The molecule has 0 aromatic rings. The van der Waals surface area contributed by atoms with Crippen molar-refractivity contribution in [3.8, 4) is 0 Å². The largest absolute Gasteiger partial charge is 2.00 e. The molecule has 0 amide bonds. The van der Waals surface area contributed by atoms with Gasteiger partial charge >= 0.3 is 49.6 Å². The Morgan fingerprint density at radius 1 is 1.14 bits per heavy atom. The van der Waals surface area contributed by atoms with Gasteiger partial charge in [0.15, 0.2) is 0 Å². The summed E-state index contributed by atoms with van der Waals surface area (Å²) in [5.74, 6) is 1.89. The van der Waals surface area contributed by atoms with E-state index in [2.05, 4.69) is 0 Å². The van der Waals surface area contributed by atoms with E-state index in [1.165, 1.54) is 0 Å². The van der Waals surface area contributed by atoms with Gasteiger partial charge in [0.2, 0.25) is 0 Å². The molecule has 0 rings (SSSR count). The molecule has 0 spiro atoms. The van der Waals surface area contributed by atoms with Crippen LogP contribution in [-0.4, -0.2) is 47.5 Å². The minimum absolute atomic E-state index is 0. The SMILES string of the molecule is CO.C[O][Al]([CH3])[O][Si](C)(C)O.[CH3-].[CH3-].[Zr+2]. The molecule has 0 aliphatic heterocycles. The Bertz CT molecular complexity index is 92.2. The molecule has 0 unspecified atom stereocenters. The number of hydrogen-bond donors (Lipinski definition) is 2. The molecule has 0 bridgehead atoms. The molecule has 2 N–H and O–H groups in total. The van der Waals surface area contributed by atoms with Gasteiger partial charge in [-0.1, -0.05) is 5.79 Å². The van der Waals surface area contributed by atoms with Gasteiger partial charge in [0.1, 0.15) is 0 Å². The van der Waals surface area contributed by atoms with E-state index in [0.717, 1.165) is 7.11 Å². The third kappa shape index (κ3) is 29.2. The van der Waals surface area contributed by atoms with E-state index in [-0.39, 0.29) is 41.1 Å². The molecule has 0 radical (unpaired) electrons. The summed E-state index contributed by atoms with van der Waals surface area (Å²) in [4.78, 5) is 9.19. The predicted molar refractivity (Wildman–Crippen MR) is 60.4 cm³/mol. The van der Waals surface area contributed by atoms with Gasteiger partial charge in [-0.25, -0.2) is 0 Å². The summed E-state index contributed by atoms with van der Waals surface area (Å²) in [7, 11) is 0.304. The van der Waals surface area contributed by atoms with Crippen molar-refractivity contribution in [1.82, 2.24) is 0 Å². The molecule has 0 saturated carbocycles. The Labute approximate surface area is 114 Å². The minimum atomic E-state index is -2.30. The zero-order valence-electron chi connectivity index (χ0n) is 10.3. The smallest absolute Gasteiger partial charge is 0.503 e. The summed E-state index contributed by atoms with van der Waals surface area (Å²) < 4.78 is 10.1. The van der Waals surface area contributed by atoms with Crippen LogP contribution in [0.5, 0.6) is 0 Å². The predicted octanol–water partition coefficient (Wildman–Crippen LogP) is 0.968. The average Bonchev–Trinajstić information content (AvgIpc) is 1.89. The first-order valence-electron chi connectivity index (χ1n) is 3.33. The van der Waals surface area contributed by atoms with Gasteiger partial charge in [-0.3, -0.25) is 0 Å². The van der Waals surface area contributed by atoms with E-state index in [9.17, 15) is 4.80 Å². The Balaban J connectivity index is -0.0000000505. The quantitative estimate of drug-likeness (QED) is 0.601. The maximum absolute atomic E-state index is 9.19. The molecule has 0 fully saturated rings. The first kappa shape index (κ1) is 29.5. The second kappa shape index (κ2) is 16.9. The second-order valence-electron chi connectivity index (χ2n) is 2.37. The molecule has 7 heteroatoms. The maximum atomic E-state index is 9.19. The normalized spacial score (nSPS) is 7.93. The van der Waals surface area contributed by atoms with Crippen molar-refractivity contribution in [1.29, 1.82) is 0 Å². The van der Waals surface area contributed by atoms with Gasteiger partial charge in [-0.05, 0) is 13.1 Å². The molecule has 0 aliphatic rings. The number of aliphatic hydroxyl groups is 1. The topological polar surface area (TPSA) is 58.9 Å². The Morgan fingerprint density at radius 3 is 1.50 bits per heavy atom. The molecular formula is C7H23AlO4SiZr. The Morgan fingerprint density at radius 2 is 1.43 bits per heavy atom. The molecule has 0 heterocycles. The Kier molecular flexibility index (Phi) is 35.6. The summed E-state index contributed by atoms with van der Waals surface area (Å²) in [6.07, 6.45) is 0. The summed E-state index contributed by atoms with van der Waals surface area (Å²) >= 11 is -1.49. The zero-order valence-corrected chi connectivity index (χ0v) is 14.9. The summed E-state index contributed by atoms with van der Waals surface area (Å²) in [5.41, 5.74) is 0. The zero-order chi connectivity index (χ0) is 9.49. The van der Waals surface area contributed by atoms with Crippen LogP contribution in [0, 0.1) is 14.9 Å². The third-order valence-electron chi connectivity index (χ3n) is 0.786. The van der Waals surface area contributed by atoms with Gasteiger partial charge in [-0.2, -0.15) is 0 Å². The summed E-state index contributed by atoms with van der Waals surface area (Å²) in [6, 6.07) is 0. The molecule has 4 nitrogen and oxygen atoms in total. The van der Waals surface area contributed by atoms with Gasteiger partial charge < -0.3 is 32.0 Å². The van der Waals surface area contributed by atoms with Crippen LogP contribution in [0.15, 0.2) is 0 Å². The molecule has 0 aliphatic carbocycles. The van der Waals surface area contributed by atoms with E-state index in [1.54, 1.807) is 20.2 Å². The standard InChI is InChI=1S/C2H7O2Si.CH4O.CH3O.3CH3.Al.Zr/c1-5(2,3)4;2*1-2;;;;;/h3H,1-2H3;2H,1H3;1H3;3*1H3;;/q-1;;-1;;2*-1;2*+2. The minimum Gasteiger partial charge on any atom is -0.503 e. The fraction of sp³-hybridized carbons (Fsp3) is 0.714. The van der Waals surface area contributed by atoms with E-state index >= 15 is 0 Å². The fourth-order valence-electron chi connectivity index (χ4n) is 0.454.